The number of rotatable bonds is 2. The lowest BCUT2D eigenvalue weighted by Crippen LogP contribution is -2.14. The number of para-hydroxylation sites is 1. The third kappa shape index (κ3) is 2.27. The van der Waals surface area contributed by atoms with Gasteiger partial charge in [-0.3, -0.25) is 0 Å². The molecule has 1 N–H and O–H groups in total. The summed E-state index contributed by atoms with van der Waals surface area (Å²) in [6, 6.07) is 7.88. The Morgan fingerprint density at radius 2 is 2.07 bits per heavy atom. The molecule has 1 aromatic rings. The van der Waals surface area contributed by atoms with E-state index >= 15 is 0 Å². The zero-order chi connectivity index (χ0) is 9.97. The lowest BCUT2D eigenvalue weighted by atomic mass is 10.3. The second-order valence-corrected chi connectivity index (χ2v) is 4.44. The van der Waals surface area contributed by atoms with Crippen LogP contribution in [0.25, 0.3) is 0 Å². The molecule has 0 aromatic heterocycles. The van der Waals surface area contributed by atoms with Crippen LogP contribution < -0.4 is 4.74 Å². The van der Waals surface area contributed by atoms with Crippen LogP contribution in [0.2, 0.25) is 0 Å². The largest absolute Gasteiger partial charge is 0.485 e. The highest BCUT2D eigenvalue weighted by atomic mass is 127. The van der Waals surface area contributed by atoms with Crippen molar-refractivity contribution in [3.63, 3.8) is 0 Å². The first-order valence-electron chi connectivity index (χ1n) is 4.53. The Labute approximate surface area is 96.7 Å². The molecule has 0 amide bonds. The van der Waals surface area contributed by atoms with Gasteiger partial charge < -0.3 is 9.84 Å². The lowest BCUT2D eigenvalue weighted by molar-refractivity contribution is 0.164. The van der Waals surface area contributed by atoms with Crippen molar-refractivity contribution in [1.82, 2.24) is 0 Å². The average molecular weight is 302 g/mol. The molecule has 0 bridgehead atoms. The van der Waals surface area contributed by atoms with Gasteiger partial charge in [-0.15, -0.1) is 0 Å². The average Bonchev–Trinajstić information content (AvgIpc) is 2.56. The Morgan fingerprint density at radius 1 is 1.29 bits per heavy atom. The van der Waals surface area contributed by atoms with E-state index in [1.54, 1.807) is 6.08 Å². The molecular formula is C11H11IO2. The number of halogens is 1. The normalized spacial score (nSPS) is 25.3. The van der Waals surface area contributed by atoms with Crippen LogP contribution in [0.15, 0.2) is 36.4 Å². The molecule has 0 radical (unpaired) electrons. The smallest absolute Gasteiger partial charge is 0.133 e. The van der Waals surface area contributed by atoms with Crippen LogP contribution in [-0.4, -0.2) is 17.3 Å². The van der Waals surface area contributed by atoms with Crippen molar-refractivity contribution in [1.29, 1.82) is 0 Å². The number of aliphatic hydroxyl groups excluding tert-OH is 1. The Morgan fingerprint density at radius 3 is 2.71 bits per heavy atom. The number of ether oxygens (including phenoxy) is 1. The molecule has 1 aliphatic rings. The van der Waals surface area contributed by atoms with Crippen molar-refractivity contribution in [2.24, 2.45) is 0 Å². The van der Waals surface area contributed by atoms with E-state index in [1.165, 1.54) is 0 Å². The zero-order valence-electron chi connectivity index (χ0n) is 7.56. The van der Waals surface area contributed by atoms with Crippen molar-refractivity contribution in [2.75, 3.05) is 0 Å². The first-order valence-corrected chi connectivity index (χ1v) is 5.61. The van der Waals surface area contributed by atoms with Crippen LogP contribution in [0.1, 0.15) is 6.42 Å². The van der Waals surface area contributed by atoms with Crippen molar-refractivity contribution in [3.05, 3.63) is 40.0 Å². The van der Waals surface area contributed by atoms with Crippen molar-refractivity contribution in [3.8, 4) is 5.75 Å². The highest BCUT2D eigenvalue weighted by Crippen LogP contribution is 2.24. The number of aliphatic hydroxyl groups is 1. The van der Waals surface area contributed by atoms with E-state index in [9.17, 15) is 5.11 Å². The molecule has 0 heterocycles. The third-order valence-corrected chi connectivity index (χ3v) is 3.03. The summed E-state index contributed by atoms with van der Waals surface area (Å²) in [4.78, 5) is 0. The predicted molar refractivity (Wildman–Crippen MR) is 63.3 cm³/mol. The molecule has 0 unspecified atom stereocenters. The van der Waals surface area contributed by atoms with Crippen molar-refractivity contribution >= 4 is 22.6 Å². The third-order valence-electron chi connectivity index (χ3n) is 2.14. The van der Waals surface area contributed by atoms with Crippen LogP contribution in [0.5, 0.6) is 5.75 Å². The molecule has 2 nitrogen and oxygen atoms in total. The molecule has 2 rings (SSSR count). The fourth-order valence-corrected chi connectivity index (χ4v) is 1.95. The maximum absolute atomic E-state index is 9.28. The van der Waals surface area contributed by atoms with Gasteiger partial charge in [-0.05, 0) is 40.8 Å². The first-order chi connectivity index (χ1) is 6.75. The van der Waals surface area contributed by atoms with Crippen LogP contribution >= 0.6 is 22.6 Å². The van der Waals surface area contributed by atoms with E-state index in [2.05, 4.69) is 22.6 Å². The SMILES string of the molecule is O[C@H]1C=C[C@@H](Oc2ccccc2I)C1. The summed E-state index contributed by atoms with van der Waals surface area (Å²) in [6.07, 6.45) is 4.02. The first kappa shape index (κ1) is 9.98. The van der Waals surface area contributed by atoms with Gasteiger partial charge in [0.1, 0.15) is 11.9 Å². The van der Waals surface area contributed by atoms with Gasteiger partial charge in [0.25, 0.3) is 0 Å². The second-order valence-electron chi connectivity index (χ2n) is 3.27. The molecule has 74 valence electrons. The van der Waals surface area contributed by atoms with Gasteiger partial charge in [-0.25, -0.2) is 0 Å². The lowest BCUT2D eigenvalue weighted by Gasteiger charge is -2.13. The monoisotopic (exact) mass is 302 g/mol. The van der Waals surface area contributed by atoms with E-state index in [-0.39, 0.29) is 12.2 Å². The summed E-state index contributed by atoms with van der Waals surface area (Å²) in [5, 5.41) is 9.28. The molecule has 14 heavy (non-hydrogen) atoms. The van der Waals surface area contributed by atoms with E-state index in [0.29, 0.717) is 6.42 Å². The Kier molecular flexibility index (Phi) is 3.08. The molecule has 2 atom stereocenters. The van der Waals surface area contributed by atoms with E-state index in [1.807, 2.05) is 30.3 Å². The summed E-state index contributed by atoms with van der Waals surface area (Å²) in [5.41, 5.74) is 0. The molecule has 3 heteroatoms. The van der Waals surface area contributed by atoms with Gasteiger partial charge in [-0.2, -0.15) is 0 Å². The minimum Gasteiger partial charge on any atom is -0.485 e. The van der Waals surface area contributed by atoms with Crippen molar-refractivity contribution in [2.45, 2.75) is 18.6 Å². The number of benzene rings is 1. The Bertz CT molecular complexity index is 349. The van der Waals surface area contributed by atoms with E-state index in [0.717, 1.165) is 9.32 Å². The molecule has 0 saturated heterocycles. The van der Waals surface area contributed by atoms with Gasteiger partial charge in [0, 0.05) is 6.42 Å². The summed E-state index contributed by atoms with van der Waals surface area (Å²) >= 11 is 2.24. The van der Waals surface area contributed by atoms with E-state index < -0.39 is 0 Å². The van der Waals surface area contributed by atoms with Gasteiger partial charge in [0.15, 0.2) is 0 Å². The molecule has 0 saturated carbocycles. The fourth-order valence-electron chi connectivity index (χ4n) is 1.44. The summed E-state index contributed by atoms with van der Waals surface area (Å²) in [7, 11) is 0. The fraction of sp³-hybridized carbons (Fsp3) is 0.273. The molecular weight excluding hydrogens is 291 g/mol. The van der Waals surface area contributed by atoms with Crippen LogP contribution in [0.3, 0.4) is 0 Å². The second kappa shape index (κ2) is 4.31. The maximum Gasteiger partial charge on any atom is 0.133 e. The topological polar surface area (TPSA) is 29.5 Å². The predicted octanol–water partition coefficient (Wildman–Crippen LogP) is 2.36. The molecule has 1 aromatic carbocycles. The van der Waals surface area contributed by atoms with Crippen LogP contribution in [-0.2, 0) is 0 Å². The quantitative estimate of drug-likeness (QED) is 0.671. The van der Waals surface area contributed by atoms with Crippen molar-refractivity contribution < 1.29 is 9.84 Å². The minimum atomic E-state index is -0.346. The van der Waals surface area contributed by atoms with Gasteiger partial charge in [0.05, 0.1) is 9.67 Å². The van der Waals surface area contributed by atoms with Gasteiger partial charge in [-0.1, -0.05) is 18.2 Å². The Balaban J connectivity index is 2.05. The van der Waals surface area contributed by atoms with Crippen LogP contribution in [0.4, 0.5) is 0 Å². The van der Waals surface area contributed by atoms with E-state index in [4.69, 9.17) is 4.74 Å². The number of hydrogen-bond donors (Lipinski definition) is 1. The highest BCUT2D eigenvalue weighted by Gasteiger charge is 2.18. The summed E-state index contributed by atoms with van der Waals surface area (Å²) in [6.45, 7) is 0. The zero-order valence-corrected chi connectivity index (χ0v) is 9.72. The van der Waals surface area contributed by atoms with Gasteiger partial charge >= 0.3 is 0 Å². The highest BCUT2D eigenvalue weighted by molar-refractivity contribution is 14.1. The molecule has 1 aliphatic carbocycles. The molecule has 0 spiro atoms. The summed E-state index contributed by atoms with van der Waals surface area (Å²) < 4.78 is 6.82. The standard InChI is InChI=1S/C11H11IO2/c12-10-3-1-2-4-11(10)14-9-6-5-8(13)7-9/h1-6,8-9,13H,7H2/t8-,9+/m0/s1. The molecule has 0 fully saturated rings. The molecule has 0 aliphatic heterocycles. The van der Waals surface area contributed by atoms with Crippen LogP contribution in [0, 0.1) is 3.57 Å². The Hall–Kier alpha value is -0.550. The maximum atomic E-state index is 9.28. The van der Waals surface area contributed by atoms with Gasteiger partial charge in [0.2, 0.25) is 0 Å². The summed E-state index contributed by atoms with van der Waals surface area (Å²) in [5.74, 6) is 0.886. The number of hydrogen-bond acceptors (Lipinski definition) is 2. The minimum absolute atomic E-state index is 0.0147.